The van der Waals surface area contributed by atoms with Crippen LogP contribution in [0.2, 0.25) is 0 Å². The molecule has 0 amide bonds. The van der Waals surface area contributed by atoms with E-state index in [0.717, 1.165) is 18.5 Å². The number of pyridine rings is 1. The van der Waals surface area contributed by atoms with Crippen molar-refractivity contribution in [3.63, 3.8) is 0 Å². The first kappa shape index (κ1) is 17.9. The Morgan fingerprint density at radius 3 is 2.46 bits per heavy atom. The van der Waals surface area contributed by atoms with Crippen LogP contribution in [0, 0.1) is 0 Å². The lowest BCUT2D eigenvalue weighted by molar-refractivity contribution is -0.150. The summed E-state index contributed by atoms with van der Waals surface area (Å²) in [6.07, 6.45) is 2.66. The fraction of sp³-hybridized carbons (Fsp3) is 0.368. The molecule has 0 aliphatic carbocycles. The molecule has 0 saturated carbocycles. The lowest BCUT2D eigenvalue weighted by Gasteiger charge is -2.13. The molecule has 0 aliphatic heterocycles. The highest BCUT2D eigenvalue weighted by atomic mass is 16.5. The maximum Gasteiger partial charge on any atom is 0.337 e. The maximum atomic E-state index is 11.2. The van der Waals surface area contributed by atoms with Crippen LogP contribution in [0.25, 0.3) is 0 Å². The van der Waals surface area contributed by atoms with Crippen LogP contribution in [-0.2, 0) is 22.4 Å². The van der Waals surface area contributed by atoms with Gasteiger partial charge < -0.3 is 14.6 Å². The van der Waals surface area contributed by atoms with E-state index in [2.05, 4.69) is 18.0 Å². The number of benzene rings is 1. The number of aromatic nitrogens is 1. The molecule has 1 aromatic heterocycles. The average Bonchev–Trinajstić information content (AvgIpc) is 2.61. The zero-order valence-electron chi connectivity index (χ0n) is 14.1. The first-order valence-electron chi connectivity index (χ1n) is 8.15. The molecule has 0 bridgehead atoms. The van der Waals surface area contributed by atoms with E-state index in [1.807, 2.05) is 12.3 Å². The van der Waals surface area contributed by atoms with Crippen molar-refractivity contribution in [2.75, 3.05) is 13.2 Å². The van der Waals surface area contributed by atoms with Crippen LogP contribution in [0.1, 0.15) is 36.8 Å². The zero-order chi connectivity index (χ0) is 17.4. The Morgan fingerprint density at radius 2 is 1.92 bits per heavy atom. The van der Waals surface area contributed by atoms with E-state index < -0.39 is 12.1 Å². The van der Waals surface area contributed by atoms with Crippen LogP contribution in [-0.4, -0.2) is 29.3 Å². The second-order valence-electron chi connectivity index (χ2n) is 5.35. The number of hydrogen-bond acceptors (Lipinski definition) is 4. The van der Waals surface area contributed by atoms with Crippen molar-refractivity contribution in [3.05, 3.63) is 59.4 Å². The molecule has 0 radical (unpaired) electrons. The van der Waals surface area contributed by atoms with E-state index in [1.54, 1.807) is 31.2 Å². The molecule has 1 aromatic carbocycles. The van der Waals surface area contributed by atoms with Gasteiger partial charge in [0.05, 0.1) is 6.61 Å². The summed E-state index contributed by atoms with van der Waals surface area (Å²) in [5, 5.41) is 9.17. The van der Waals surface area contributed by atoms with Gasteiger partial charge in [-0.15, -0.1) is 0 Å². The van der Waals surface area contributed by atoms with Gasteiger partial charge in [-0.05, 0) is 42.7 Å². The maximum absolute atomic E-state index is 11.2. The van der Waals surface area contributed by atoms with Gasteiger partial charge in [-0.3, -0.25) is 4.98 Å². The largest absolute Gasteiger partial charge is 0.493 e. The van der Waals surface area contributed by atoms with Gasteiger partial charge >= 0.3 is 5.97 Å². The average molecular weight is 329 g/mol. The van der Waals surface area contributed by atoms with Gasteiger partial charge in [0.15, 0.2) is 6.10 Å². The minimum atomic E-state index is -0.993. The number of carboxylic acid groups (broad SMARTS) is 1. The molecule has 1 heterocycles. The van der Waals surface area contributed by atoms with Gasteiger partial charge in [-0.1, -0.05) is 25.1 Å². The molecule has 5 heteroatoms. The zero-order valence-corrected chi connectivity index (χ0v) is 14.1. The summed E-state index contributed by atoms with van der Waals surface area (Å²) in [5.74, 6) is -0.295. The lowest BCUT2D eigenvalue weighted by Crippen LogP contribution is -2.15. The van der Waals surface area contributed by atoms with Gasteiger partial charge in [0.1, 0.15) is 5.75 Å². The summed E-state index contributed by atoms with van der Waals surface area (Å²) >= 11 is 0. The summed E-state index contributed by atoms with van der Waals surface area (Å²) in [6, 6.07) is 11.1. The molecule has 1 N–H and O–H groups in total. The van der Waals surface area contributed by atoms with Crippen LogP contribution in [0.5, 0.6) is 5.75 Å². The molecule has 0 spiro atoms. The molecule has 0 fully saturated rings. The topological polar surface area (TPSA) is 68.7 Å². The van der Waals surface area contributed by atoms with Gasteiger partial charge in [0.2, 0.25) is 0 Å². The summed E-state index contributed by atoms with van der Waals surface area (Å²) in [6.45, 7) is 4.74. The molecule has 0 aliphatic rings. The minimum Gasteiger partial charge on any atom is -0.493 e. The van der Waals surface area contributed by atoms with Crippen LogP contribution < -0.4 is 4.74 Å². The number of nitrogens with zero attached hydrogens (tertiary/aromatic N) is 1. The number of rotatable bonds is 9. The summed E-state index contributed by atoms with van der Waals surface area (Å²) in [4.78, 5) is 15.6. The van der Waals surface area contributed by atoms with Crippen molar-refractivity contribution in [1.82, 2.24) is 4.98 Å². The molecule has 2 rings (SSSR count). The number of carboxylic acids is 1. The molecular weight excluding hydrogens is 306 g/mol. The second kappa shape index (κ2) is 9.03. The predicted molar refractivity (Wildman–Crippen MR) is 91.3 cm³/mol. The molecule has 128 valence electrons. The van der Waals surface area contributed by atoms with E-state index in [4.69, 9.17) is 14.6 Å². The van der Waals surface area contributed by atoms with Gasteiger partial charge in [-0.2, -0.15) is 0 Å². The lowest BCUT2D eigenvalue weighted by atomic mass is 10.1. The van der Waals surface area contributed by atoms with E-state index >= 15 is 0 Å². The van der Waals surface area contributed by atoms with E-state index in [9.17, 15) is 4.79 Å². The smallest absolute Gasteiger partial charge is 0.337 e. The molecule has 0 saturated heterocycles. The van der Waals surface area contributed by atoms with Crippen LogP contribution >= 0.6 is 0 Å². The van der Waals surface area contributed by atoms with Crippen LogP contribution in [0.3, 0.4) is 0 Å². The third kappa shape index (κ3) is 5.06. The van der Waals surface area contributed by atoms with Gasteiger partial charge in [0, 0.05) is 24.9 Å². The summed E-state index contributed by atoms with van der Waals surface area (Å²) in [7, 11) is 0. The minimum absolute atomic E-state index is 0.346. The normalized spacial score (nSPS) is 11.9. The Balaban J connectivity index is 1.88. The molecule has 1 unspecified atom stereocenters. The van der Waals surface area contributed by atoms with E-state index in [1.165, 1.54) is 5.56 Å². The number of aryl methyl sites for hydroxylation is 1. The standard InChI is InChI=1S/C19H23NO4/c1-3-14-5-8-16(20-13-14)11-12-24-17-9-6-15(7-10-17)18(19(21)22)23-4-2/h5-10,13,18H,3-4,11-12H2,1-2H3,(H,21,22). The number of hydrogen-bond donors (Lipinski definition) is 1. The predicted octanol–water partition coefficient (Wildman–Crippen LogP) is 3.43. The molecule has 24 heavy (non-hydrogen) atoms. The Labute approximate surface area is 142 Å². The first-order valence-corrected chi connectivity index (χ1v) is 8.15. The summed E-state index contributed by atoms with van der Waals surface area (Å²) in [5.41, 5.74) is 2.82. The first-order chi connectivity index (χ1) is 11.6. The van der Waals surface area contributed by atoms with E-state index in [0.29, 0.717) is 24.5 Å². The molecule has 2 aromatic rings. The second-order valence-corrected chi connectivity index (χ2v) is 5.35. The van der Waals surface area contributed by atoms with Crippen molar-refractivity contribution < 1.29 is 19.4 Å². The van der Waals surface area contributed by atoms with Crippen molar-refractivity contribution in [1.29, 1.82) is 0 Å². The van der Waals surface area contributed by atoms with Gasteiger partial charge in [-0.25, -0.2) is 4.79 Å². The van der Waals surface area contributed by atoms with Crippen molar-refractivity contribution in [3.8, 4) is 5.75 Å². The van der Waals surface area contributed by atoms with Crippen molar-refractivity contribution in [2.24, 2.45) is 0 Å². The highest BCUT2D eigenvalue weighted by molar-refractivity contribution is 5.74. The van der Waals surface area contributed by atoms with Crippen LogP contribution in [0.4, 0.5) is 0 Å². The molecule has 1 atom stereocenters. The Morgan fingerprint density at radius 1 is 1.17 bits per heavy atom. The third-order valence-electron chi connectivity index (χ3n) is 3.66. The SMILES string of the molecule is CCOC(C(=O)O)c1ccc(OCCc2ccc(CC)cn2)cc1. The number of ether oxygens (including phenoxy) is 2. The Kier molecular flexibility index (Phi) is 6.75. The van der Waals surface area contributed by atoms with Gasteiger partial charge in [0.25, 0.3) is 0 Å². The van der Waals surface area contributed by atoms with Crippen molar-refractivity contribution >= 4 is 5.97 Å². The Hall–Kier alpha value is -2.40. The fourth-order valence-corrected chi connectivity index (χ4v) is 2.30. The number of aliphatic carboxylic acids is 1. The third-order valence-corrected chi connectivity index (χ3v) is 3.66. The van der Waals surface area contributed by atoms with E-state index in [-0.39, 0.29) is 0 Å². The molecule has 5 nitrogen and oxygen atoms in total. The summed E-state index contributed by atoms with van der Waals surface area (Å²) < 4.78 is 10.9. The van der Waals surface area contributed by atoms with Crippen molar-refractivity contribution in [2.45, 2.75) is 32.8 Å². The quantitative estimate of drug-likeness (QED) is 0.763. The Bertz CT molecular complexity index is 637. The molecular formula is C19H23NO4. The van der Waals surface area contributed by atoms with Crippen LogP contribution in [0.15, 0.2) is 42.6 Å². The highest BCUT2D eigenvalue weighted by Gasteiger charge is 2.19. The fourth-order valence-electron chi connectivity index (χ4n) is 2.30. The number of carbonyl (C=O) groups is 1. The highest BCUT2D eigenvalue weighted by Crippen LogP contribution is 2.21. The monoisotopic (exact) mass is 329 g/mol.